The molecule has 1 aliphatic carbocycles. The molecule has 26 heavy (non-hydrogen) atoms. The van der Waals surface area contributed by atoms with Crippen molar-refractivity contribution >= 4 is 11.9 Å². The van der Waals surface area contributed by atoms with Gasteiger partial charge < -0.3 is 30.5 Å². The van der Waals surface area contributed by atoms with Crippen molar-refractivity contribution in [2.75, 3.05) is 26.9 Å². The molecule has 1 saturated heterocycles. The molecule has 1 aliphatic heterocycles. The topological polar surface area (TPSA) is 109 Å². The van der Waals surface area contributed by atoms with Crippen LogP contribution in [0.3, 0.4) is 0 Å². The number of carbonyl (C=O) groups is 2. The van der Waals surface area contributed by atoms with Crippen molar-refractivity contribution in [1.29, 1.82) is 0 Å². The van der Waals surface area contributed by atoms with Gasteiger partial charge in [0.1, 0.15) is 6.10 Å². The Bertz CT molecular complexity index is 443. The van der Waals surface area contributed by atoms with Crippen LogP contribution in [-0.4, -0.2) is 68.2 Å². The average molecular weight is 371 g/mol. The molecular weight excluding hydrogens is 338 g/mol. The normalized spacial score (nSPS) is 26.9. The Kier molecular flexibility index (Phi) is 9.14. The summed E-state index contributed by atoms with van der Waals surface area (Å²) in [5.41, 5.74) is 0. The van der Waals surface area contributed by atoms with E-state index < -0.39 is 6.10 Å². The van der Waals surface area contributed by atoms with Gasteiger partial charge in [0.05, 0.1) is 31.8 Å². The molecular formula is C18H33N3O5. The first-order valence-electron chi connectivity index (χ1n) is 9.71. The van der Waals surface area contributed by atoms with Gasteiger partial charge in [0.25, 0.3) is 0 Å². The number of amides is 3. The fourth-order valence-corrected chi connectivity index (χ4v) is 3.66. The SMILES string of the molecule is COCCNC(=O)C[C@@H]1CC[C@@H](NC(=O)NC2CCCCC2)[C@@H](CO)O1. The Hall–Kier alpha value is -1.38. The molecule has 2 aliphatic rings. The first kappa shape index (κ1) is 20.9. The van der Waals surface area contributed by atoms with E-state index in [1.807, 2.05) is 0 Å². The second-order valence-electron chi connectivity index (χ2n) is 7.16. The van der Waals surface area contributed by atoms with Crippen LogP contribution in [0.5, 0.6) is 0 Å². The number of hydrogen-bond acceptors (Lipinski definition) is 5. The summed E-state index contributed by atoms with van der Waals surface area (Å²) in [5.74, 6) is -0.0924. The highest BCUT2D eigenvalue weighted by atomic mass is 16.5. The number of rotatable bonds is 8. The van der Waals surface area contributed by atoms with E-state index in [-0.39, 0.29) is 43.2 Å². The third kappa shape index (κ3) is 7.09. The van der Waals surface area contributed by atoms with Crippen LogP contribution in [-0.2, 0) is 14.3 Å². The second kappa shape index (κ2) is 11.4. The molecule has 2 fully saturated rings. The van der Waals surface area contributed by atoms with Crippen LogP contribution in [0.1, 0.15) is 51.4 Å². The van der Waals surface area contributed by atoms with Crippen LogP contribution in [0.2, 0.25) is 0 Å². The van der Waals surface area contributed by atoms with Gasteiger partial charge in [-0.25, -0.2) is 4.79 Å². The van der Waals surface area contributed by atoms with Crippen LogP contribution in [0.15, 0.2) is 0 Å². The monoisotopic (exact) mass is 371 g/mol. The highest BCUT2D eigenvalue weighted by molar-refractivity contribution is 5.76. The van der Waals surface area contributed by atoms with Gasteiger partial charge in [0.2, 0.25) is 5.91 Å². The molecule has 0 bridgehead atoms. The minimum atomic E-state index is -0.488. The van der Waals surface area contributed by atoms with Crippen molar-refractivity contribution < 1.29 is 24.2 Å². The summed E-state index contributed by atoms with van der Waals surface area (Å²) in [4.78, 5) is 24.1. The number of hydrogen-bond donors (Lipinski definition) is 4. The summed E-state index contributed by atoms with van der Waals surface area (Å²) in [5, 5.41) is 18.3. The molecule has 1 heterocycles. The Balaban J connectivity index is 1.72. The van der Waals surface area contributed by atoms with E-state index >= 15 is 0 Å². The maximum atomic E-state index is 12.2. The molecule has 0 spiro atoms. The molecule has 8 nitrogen and oxygen atoms in total. The van der Waals surface area contributed by atoms with E-state index in [0.29, 0.717) is 26.0 Å². The molecule has 4 N–H and O–H groups in total. The van der Waals surface area contributed by atoms with Gasteiger partial charge in [-0.2, -0.15) is 0 Å². The Morgan fingerprint density at radius 1 is 1.12 bits per heavy atom. The zero-order valence-electron chi connectivity index (χ0n) is 15.7. The first-order valence-corrected chi connectivity index (χ1v) is 9.71. The molecule has 1 saturated carbocycles. The van der Waals surface area contributed by atoms with Gasteiger partial charge in [0, 0.05) is 19.7 Å². The van der Waals surface area contributed by atoms with Gasteiger partial charge in [-0.15, -0.1) is 0 Å². The van der Waals surface area contributed by atoms with Crippen LogP contribution in [0, 0.1) is 0 Å². The molecule has 0 radical (unpaired) electrons. The van der Waals surface area contributed by atoms with Crippen LogP contribution >= 0.6 is 0 Å². The highest BCUT2D eigenvalue weighted by Gasteiger charge is 2.33. The third-order valence-electron chi connectivity index (χ3n) is 5.09. The van der Waals surface area contributed by atoms with E-state index in [9.17, 15) is 14.7 Å². The van der Waals surface area contributed by atoms with Crippen molar-refractivity contribution in [3.63, 3.8) is 0 Å². The first-order chi connectivity index (χ1) is 12.6. The minimum Gasteiger partial charge on any atom is -0.394 e. The summed E-state index contributed by atoms with van der Waals surface area (Å²) in [6, 6.07) is -0.194. The van der Waals surface area contributed by atoms with Crippen molar-refractivity contribution in [3.8, 4) is 0 Å². The Morgan fingerprint density at radius 3 is 2.58 bits per heavy atom. The summed E-state index contributed by atoms with van der Waals surface area (Å²) in [6.45, 7) is 0.756. The molecule has 0 aromatic heterocycles. The van der Waals surface area contributed by atoms with E-state index in [4.69, 9.17) is 9.47 Å². The summed E-state index contributed by atoms with van der Waals surface area (Å²) < 4.78 is 10.7. The Morgan fingerprint density at radius 2 is 1.88 bits per heavy atom. The largest absolute Gasteiger partial charge is 0.394 e. The molecule has 0 aromatic rings. The van der Waals surface area contributed by atoms with Crippen LogP contribution < -0.4 is 16.0 Å². The summed E-state index contributed by atoms with van der Waals surface area (Å²) >= 11 is 0. The molecule has 0 unspecified atom stereocenters. The third-order valence-corrected chi connectivity index (χ3v) is 5.09. The predicted molar refractivity (Wildman–Crippen MR) is 96.8 cm³/mol. The van der Waals surface area contributed by atoms with Crippen LogP contribution in [0.25, 0.3) is 0 Å². The van der Waals surface area contributed by atoms with E-state index in [1.54, 1.807) is 7.11 Å². The standard InChI is InChI=1S/C18H33N3O5/c1-25-10-9-19-17(23)11-14-7-8-15(16(12-22)26-14)21-18(24)20-13-5-3-2-4-6-13/h13-16,22H,2-12H2,1H3,(H,19,23)(H2,20,21,24)/t14-,15+,16+/m0/s1. The van der Waals surface area contributed by atoms with Crippen LogP contribution in [0.4, 0.5) is 4.79 Å². The number of carbonyl (C=O) groups excluding carboxylic acids is 2. The van der Waals surface area contributed by atoms with E-state index in [2.05, 4.69) is 16.0 Å². The molecule has 3 amide bonds. The van der Waals surface area contributed by atoms with Crippen molar-refractivity contribution in [2.24, 2.45) is 0 Å². The lowest BCUT2D eigenvalue weighted by Gasteiger charge is -2.36. The molecule has 3 atom stereocenters. The maximum Gasteiger partial charge on any atom is 0.315 e. The predicted octanol–water partition coefficient (Wildman–Crippen LogP) is 0.680. The van der Waals surface area contributed by atoms with Gasteiger partial charge in [-0.3, -0.25) is 4.79 Å². The zero-order chi connectivity index (χ0) is 18.8. The van der Waals surface area contributed by atoms with Crippen molar-refractivity contribution in [2.45, 2.75) is 75.7 Å². The number of aliphatic hydroxyl groups is 1. The fraction of sp³-hybridized carbons (Fsp3) is 0.889. The highest BCUT2D eigenvalue weighted by Crippen LogP contribution is 2.22. The number of ether oxygens (including phenoxy) is 2. The molecule has 8 heteroatoms. The number of urea groups is 1. The number of nitrogens with one attached hydrogen (secondary N) is 3. The number of aliphatic hydroxyl groups excluding tert-OH is 1. The number of methoxy groups -OCH3 is 1. The summed E-state index contributed by atoms with van der Waals surface area (Å²) in [7, 11) is 1.58. The van der Waals surface area contributed by atoms with E-state index in [0.717, 1.165) is 25.7 Å². The van der Waals surface area contributed by atoms with Gasteiger partial charge in [-0.1, -0.05) is 19.3 Å². The lowest BCUT2D eigenvalue weighted by Crippen LogP contribution is -2.55. The molecule has 2 rings (SSSR count). The minimum absolute atomic E-state index is 0.0924. The Labute approximate surface area is 155 Å². The lowest BCUT2D eigenvalue weighted by molar-refractivity contribution is -0.130. The van der Waals surface area contributed by atoms with Gasteiger partial charge in [-0.05, 0) is 25.7 Å². The zero-order valence-corrected chi connectivity index (χ0v) is 15.7. The van der Waals surface area contributed by atoms with Gasteiger partial charge in [0.15, 0.2) is 0 Å². The quantitative estimate of drug-likeness (QED) is 0.469. The lowest BCUT2D eigenvalue weighted by atomic mass is 9.95. The van der Waals surface area contributed by atoms with Crippen molar-refractivity contribution in [1.82, 2.24) is 16.0 Å². The smallest absolute Gasteiger partial charge is 0.315 e. The second-order valence-corrected chi connectivity index (χ2v) is 7.16. The average Bonchev–Trinajstić information content (AvgIpc) is 2.64. The summed E-state index contributed by atoms with van der Waals surface area (Å²) in [6.07, 6.45) is 6.48. The van der Waals surface area contributed by atoms with Crippen molar-refractivity contribution in [3.05, 3.63) is 0 Å². The van der Waals surface area contributed by atoms with Gasteiger partial charge >= 0.3 is 6.03 Å². The molecule has 0 aromatic carbocycles. The van der Waals surface area contributed by atoms with E-state index in [1.165, 1.54) is 6.42 Å². The molecule has 150 valence electrons. The fourth-order valence-electron chi connectivity index (χ4n) is 3.66. The maximum absolute atomic E-state index is 12.2.